The van der Waals surface area contributed by atoms with Crippen LogP contribution in [0.3, 0.4) is 0 Å². The highest BCUT2D eigenvalue weighted by Gasteiger charge is 2.33. The summed E-state index contributed by atoms with van der Waals surface area (Å²) in [4.78, 5) is 12.7. The molecule has 0 atom stereocenters. The molecule has 1 aliphatic rings. The Labute approximate surface area is 125 Å². The smallest absolute Gasteiger partial charge is 0.262 e. The lowest BCUT2D eigenvalue weighted by Gasteiger charge is -2.26. The van der Waals surface area contributed by atoms with Crippen LogP contribution in [0.4, 0.5) is 0 Å². The van der Waals surface area contributed by atoms with E-state index < -0.39 is 0 Å². The number of carbonyl (C=O) groups excluding carboxylic acids is 1. The molecular weight excluding hydrogens is 334 g/mol. The third kappa shape index (κ3) is 2.91. The molecule has 1 N–H and O–H groups in total. The second kappa shape index (κ2) is 5.93. The number of hydrogen-bond acceptors (Lipinski definition) is 2. The van der Waals surface area contributed by atoms with Crippen LogP contribution in [0.2, 0.25) is 5.02 Å². The van der Waals surface area contributed by atoms with E-state index >= 15 is 0 Å². The molecule has 1 heterocycles. The number of amides is 1. The van der Waals surface area contributed by atoms with Gasteiger partial charge in [-0.15, -0.1) is 11.3 Å². The van der Waals surface area contributed by atoms with Crippen molar-refractivity contribution in [3.63, 3.8) is 0 Å². The lowest BCUT2D eigenvalue weighted by atomic mass is 9.89. The van der Waals surface area contributed by atoms with Crippen LogP contribution in [0.5, 0.6) is 0 Å². The van der Waals surface area contributed by atoms with Gasteiger partial charge < -0.3 is 5.32 Å². The molecule has 100 valence electrons. The minimum Gasteiger partial charge on any atom is -0.351 e. The van der Waals surface area contributed by atoms with E-state index in [0.717, 1.165) is 17.4 Å². The van der Waals surface area contributed by atoms with Gasteiger partial charge >= 0.3 is 0 Å². The third-order valence-corrected chi connectivity index (χ3v) is 6.56. The number of hydrogen-bond donors (Lipinski definition) is 1. The van der Waals surface area contributed by atoms with Crippen molar-refractivity contribution in [2.24, 2.45) is 5.41 Å². The van der Waals surface area contributed by atoms with Gasteiger partial charge in [0.2, 0.25) is 0 Å². The molecule has 18 heavy (non-hydrogen) atoms. The first-order chi connectivity index (χ1) is 8.58. The van der Waals surface area contributed by atoms with Crippen LogP contribution in [0.25, 0.3) is 0 Å². The molecule has 1 saturated carbocycles. The maximum atomic E-state index is 12.1. The average molecular weight is 351 g/mol. The summed E-state index contributed by atoms with van der Waals surface area (Å²) in [5, 5.41) is 6.52. The maximum absolute atomic E-state index is 12.1. The highest BCUT2D eigenvalue weighted by Crippen LogP contribution is 2.39. The van der Waals surface area contributed by atoms with Gasteiger partial charge in [-0.05, 0) is 36.1 Å². The van der Waals surface area contributed by atoms with E-state index in [9.17, 15) is 4.79 Å². The number of rotatable bonds is 4. The Kier molecular flexibility index (Phi) is 4.73. The lowest BCUT2D eigenvalue weighted by molar-refractivity contribution is 0.0939. The van der Waals surface area contributed by atoms with Gasteiger partial charge in [-0.3, -0.25) is 4.79 Å². The standard InChI is InChI=1S/C13H17BrClNOS/c1-9-6-18-11(10(9)15)12(17)16-8-13(7-14)4-2-3-5-13/h6H,2-5,7-8H2,1H3,(H,16,17). The zero-order chi connectivity index (χ0) is 13.2. The van der Waals surface area contributed by atoms with Crippen molar-refractivity contribution >= 4 is 44.8 Å². The van der Waals surface area contributed by atoms with E-state index in [1.54, 1.807) is 0 Å². The fourth-order valence-corrected chi connectivity index (χ4v) is 4.37. The third-order valence-electron chi connectivity index (χ3n) is 3.68. The van der Waals surface area contributed by atoms with Crippen LogP contribution in [0.15, 0.2) is 5.38 Å². The van der Waals surface area contributed by atoms with Crippen LogP contribution >= 0.6 is 38.9 Å². The first-order valence-electron chi connectivity index (χ1n) is 6.16. The van der Waals surface area contributed by atoms with E-state index in [4.69, 9.17) is 11.6 Å². The number of thiophene rings is 1. The van der Waals surface area contributed by atoms with Gasteiger partial charge in [0.05, 0.1) is 5.02 Å². The fourth-order valence-electron chi connectivity index (χ4n) is 2.41. The van der Waals surface area contributed by atoms with E-state index in [0.29, 0.717) is 9.90 Å². The molecular formula is C13H17BrClNOS. The molecule has 1 aromatic heterocycles. The number of carbonyl (C=O) groups is 1. The Hall–Kier alpha value is -0.0600. The average Bonchev–Trinajstić information content (AvgIpc) is 2.96. The molecule has 0 spiro atoms. The molecule has 1 aromatic rings. The summed E-state index contributed by atoms with van der Waals surface area (Å²) >= 11 is 11.1. The monoisotopic (exact) mass is 349 g/mol. The zero-order valence-corrected chi connectivity index (χ0v) is 13.6. The topological polar surface area (TPSA) is 29.1 Å². The molecule has 0 saturated heterocycles. The molecule has 0 unspecified atom stereocenters. The lowest BCUT2D eigenvalue weighted by Crippen LogP contribution is -2.36. The molecule has 2 rings (SSSR count). The van der Waals surface area contributed by atoms with Gasteiger partial charge in [0.15, 0.2) is 0 Å². The number of nitrogens with one attached hydrogen (secondary N) is 1. The molecule has 0 radical (unpaired) electrons. The van der Waals surface area contributed by atoms with E-state index in [1.165, 1.54) is 37.0 Å². The first kappa shape index (κ1) is 14.4. The number of halogens is 2. The predicted octanol–water partition coefficient (Wildman–Crippen LogP) is 4.40. The van der Waals surface area contributed by atoms with Crippen molar-refractivity contribution in [2.75, 3.05) is 11.9 Å². The van der Waals surface area contributed by atoms with Crippen molar-refractivity contribution in [3.05, 3.63) is 20.8 Å². The Balaban J connectivity index is 1.98. The van der Waals surface area contributed by atoms with Crippen LogP contribution in [-0.4, -0.2) is 17.8 Å². The summed E-state index contributed by atoms with van der Waals surface area (Å²) in [6.07, 6.45) is 4.91. The summed E-state index contributed by atoms with van der Waals surface area (Å²) in [5.41, 5.74) is 1.22. The van der Waals surface area contributed by atoms with Gasteiger partial charge in [-0.1, -0.05) is 40.4 Å². The van der Waals surface area contributed by atoms with Gasteiger partial charge in [-0.2, -0.15) is 0 Å². The molecule has 0 aliphatic heterocycles. The molecule has 0 aromatic carbocycles. The Bertz CT molecular complexity index is 440. The van der Waals surface area contributed by atoms with Crippen LogP contribution in [-0.2, 0) is 0 Å². The molecule has 1 aliphatic carbocycles. The minimum absolute atomic E-state index is 0.0367. The predicted molar refractivity (Wildman–Crippen MR) is 81.1 cm³/mol. The van der Waals surface area contributed by atoms with Gasteiger partial charge in [-0.25, -0.2) is 0 Å². The normalized spacial score (nSPS) is 17.9. The van der Waals surface area contributed by atoms with Gasteiger partial charge in [0.25, 0.3) is 5.91 Å². The van der Waals surface area contributed by atoms with Crippen molar-refractivity contribution < 1.29 is 4.79 Å². The van der Waals surface area contributed by atoms with E-state index in [-0.39, 0.29) is 11.3 Å². The molecule has 5 heteroatoms. The summed E-state index contributed by atoms with van der Waals surface area (Å²) in [6.45, 7) is 2.66. The quantitative estimate of drug-likeness (QED) is 0.801. The highest BCUT2D eigenvalue weighted by atomic mass is 79.9. The SMILES string of the molecule is Cc1csc(C(=O)NCC2(CBr)CCCC2)c1Cl. The largest absolute Gasteiger partial charge is 0.351 e. The molecule has 1 amide bonds. The Morgan fingerprint density at radius 2 is 2.22 bits per heavy atom. The van der Waals surface area contributed by atoms with E-state index in [2.05, 4.69) is 21.2 Å². The maximum Gasteiger partial charge on any atom is 0.262 e. The second-order valence-corrected chi connectivity index (χ2v) is 6.90. The molecule has 0 bridgehead atoms. The number of aryl methyl sites for hydroxylation is 1. The van der Waals surface area contributed by atoms with Gasteiger partial charge in [0, 0.05) is 11.9 Å². The zero-order valence-electron chi connectivity index (χ0n) is 10.4. The second-order valence-electron chi connectivity index (χ2n) is 5.09. The Morgan fingerprint density at radius 3 is 2.72 bits per heavy atom. The summed E-state index contributed by atoms with van der Waals surface area (Å²) in [7, 11) is 0. The minimum atomic E-state index is -0.0367. The van der Waals surface area contributed by atoms with Gasteiger partial charge in [0.1, 0.15) is 4.88 Å². The van der Waals surface area contributed by atoms with Crippen molar-refractivity contribution in [2.45, 2.75) is 32.6 Å². The van der Waals surface area contributed by atoms with Crippen molar-refractivity contribution in [1.82, 2.24) is 5.32 Å². The summed E-state index contributed by atoms with van der Waals surface area (Å²) in [5.74, 6) is -0.0367. The molecule has 2 nitrogen and oxygen atoms in total. The summed E-state index contributed by atoms with van der Waals surface area (Å²) in [6, 6.07) is 0. The summed E-state index contributed by atoms with van der Waals surface area (Å²) < 4.78 is 0. The molecule has 1 fully saturated rings. The highest BCUT2D eigenvalue weighted by molar-refractivity contribution is 9.09. The number of alkyl halides is 1. The van der Waals surface area contributed by atoms with Crippen LogP contribution in [0.1, 0.15) is 40.9 Å². The van der Waals surface area contributed by atoms with Crippen LogP contribution < -0.4 is 5.32 Å². The van der Waals surface area contributed by atoms with Crippen molar-refractivity contribution in [1.29, 1.82) is 0 Å². The van der Waals surface area contributed by atoms with Crippen LogP contribution in [0, 0.1) is 12.3 Å². The fraction of sp³-hybridized carbons (Fsp3) is 0.615. The van der Waals surface area contributed by atoms with E-state index in [1.807, 2.05) is 12.3 Å². The Morgan fingerprint density at radius 1 is 1.56 bits per heavy atom. The first-order valence-corrected chi connectivity index (χ1v) is 8.54. The van der Waals surface area contributed by atoms with Crippen molar-refractivity contribution in [3.8, 4) is 0 Å².